The lowest BCUT2D eigenvalue weighted by molar-refractivity contribution is -0.137. The van der Waals surface area contributed by atoms with Gasteiger partial charge < -0.3 is 5.11 Å². The minimum Gasteiger partial charge on any atom is -0.481 e. The number of benzene rings is 2. The molecule has 0 saturated heterocycles. The maximum atomic E-state index is 14.1. The lowest BCUT2D eigenvalue weighted by Crippen LogP contribution is -2.05. The number of halogens is 1. The summed E-state index contributed by atoms with van der Waals surface area (Å²) in [5, 5.41) is 9.13. The molecule has 0 radical (unpaired) electrons. The fourth-order valence-corrected chi connectivity index (χ4v) is 3.03. The molecule has 3 rings (SSSR count). The van der Waals surface area contributed by atoms with Crippen molar-refractivity contribution in [3.63, 3.8) is 0 Å². The van der Waals surface area contributed by atoms with Crippen molar-refractivity contribution in [3.8, 4) is 11.1 Å². The smallest absolute Gasteiger partial charge is 0.304 e. The van der Waals surface area contributed by atoms with Crippen molar-refractivity contribution in [2.45, 2.75) is 25.7 Å². The van der Waals surface area contributed by atoms with Gasteiger partial charge in [0.25, 0.3) is 0 Å². The molecule has 0 spiro atoms. The zero-order valence-electron chi connectivity index (χ0n) is 11.2. The van der Waals surface area contributed by atoms with E-state index in [-0.39, 0.29) is 18.2 Å². The zero-order valence-corrected chi connectivity index (χ0v) is 11.2. The Labute approximate surface area is 116 Å². The first kappa shape index (κ1) is 12.9. The second-order valence-electron chi connectivity index (χ2n) is 5.13. The zero-order chi connectivity index (χ0) is 14.3. The van der Waals surface area contributed by atoms with Crippen molar-refractivity contribution < 1.29 is 14.3 Å². The summed E-state index contributed by atoms with van der Waals surface area (Å²) in [5.41, 5.74) is 4.27. The van der Waals surface area contributed by atoms with Crippen molar-refractivity contribution in [1.82, 2.24) is 0 Å². The number of aryl methyl sites for hydroxylation is 1. The van der Waals surface area contributed by atoms with Crippen LogP contribution < -0.4 is 0 Å². The Kier molecular flexibility index (Phi) is 3.05. The number of fused-ring (bicyclic) bond motifs is 3. The van der Waals surface area contributed by atoms with E-state index < -0.39 is 5.97 Å². The molecule has 0 heterocycles. The minimum atomic E-state index is -0.861. The van der Waals surface area contributed by atoms with E-state index in [1.807, 2.05) is 24.3 Å². The van der Waals surface area contributed by atoms with Gasteiger partial charge in [-0.15, -0.1) is 0 Å². The molecule has 0 aliphatic heterocycles. The van der Waals surface area contributed by atoms with Gasteiger partial charge >= 0.3 is 5.97 Å². The number of carboxylic acids is 1. The molecule has 102 valence electrons. The van der Waals surface area contributed by atoms with Gasteiger partial charge in [0.15, 0.2) is 0 Å². The average molecular weight is 270 g/mol. The van der Waals surface area contributed by atoms with Crippen LogP contribution in [-0.2, 0) is 11.2 Å². The molecule has 0 aromatic heterocycles. The summed E-state index contributed by atoms with van der Waals surface area (Å²) in [6, 6.07) is 10.8. The molecule has 0 bridgehead atoms. The van der Waals surface area contributed by atoms with Gasteiger partial charge in [-0.1, -0.05) is 37.3 Å². The first-order valence-corrected chi connectivity index (χ1v) is 6.75. The van der Waals surface area contributed by atoms with E-state index in [1.54, 1.807) is 6.07 Å². The van der Waals surface area contributed by atoms with E-state index in [2.05, 4.69) is 6.92 Å². The number of aliphatic carboxylic acids is 1. The third-order valence-corrected chi connectivity index (χ3v) is 3.97. The van der Waals surface area contributed by atoms with Crippen molar-refractivity contribution in [2.24, 2.45) is 0 Å². The molecule has 20 heavy (non-hydrogen) atoms. The van der Waals surface area contributed by atoms with Crippen LogP contribution in [0.25, 0.3) is 11.1 Å². The summed E-state index contributed by atoms with van der Waals surface area (Å²) in [6.45, 7) is 2.05. The fourth-order valence-electron chi connectivity index (χ4n) is 3.03. The monoisotopic (exact) mass is 270 g/mol. The molecule has 2 aromatic carbocycles. The summed E-state index contributed by atoms with van der Waals surface area (Å²) < 4.78 is 14.1. The predicted molar refractivity (Wildman–Crippen MR) is 75.3 cm³/mol. The molecule has 0 fully saturated rings. The highest BCUT2D eigenvalue weighted by Crippen LogP contribution is 2.47. The minimum absolute atomic E-state index is 0.00335. The molecule has 1 atom stereocenters. The fraction of sp³-hybridized carbons (Fsp3) is 0.235. The predicted octanol–water partition coefficient (Wildman–Crippen LogP) is 3.98. The third kappa shape index (κ3) is 1.90. The highest BCUT2D eigenvalue weighted by molar-refractivity contribution is 5.82. The third-order valence-electron chi connectivity index (χ3n) is 3.97. The van der Waals surface area contributed by atoms with E-state index in [1.165, 1.54) is 6.07 Å². The Bertz CT molecular complexity index is 691. The second kappa shape index (κ2) is 4.75. The summed E-state index contributed by atoms with van der Waals surface area (Å²) in [4.78, 5) is 11.1. The topological polar surface area (TPSA) is 37.3 Å². The van der Waals surface area contributed by atoms with Crippen LogP contribution in [0.2, 0.25) is 0 Å². The molecule has 3 heteroatoms. The Balaban J connectivity index is 2.23. The average Bonchev–Trinajstić information content (AvgIpc) is 2.73. The number of rotatable bonds is 3. The lowest BCUT2D eigenvalue weighted by Gasteiger charge is -2.11. The number of hydrogen-bond acceptors (Lipinski definition) is 1. The Hall–Kier alpha value is -2.16. The molecule has 1 N–H and O–H groups in total. The van der Waals surface area contributed by atoms with E-state index >= 15 is 0 Å². The van der Waals surface area contributed by atoms with E-state index in [9.17, 15) is 9.18 Å². The number of carbonyl (C=O) groups is 1. The lowest BCUT2D eigenvalue weighted by atomic mass is 9.92. The second-order valence-corrected chi connectivity index (χ2v) is 5.13. The van der Waals surface area contributed by atoms with Crippen LogP contribution in [0.3, 0.4) is 0 Å². The van der Waals surface area contributed by atoms with Crippen LogP contribution in [0.15, 0.2) is 36.4 Å². The number of hydrogen-bond donors (Lipinski definition) is 1. The highest BCUT2D eigenvalue weighted by atomic mass is 19.1. The molecule has 2 nitrogen and oxygen atoms in total. The summed E-state index contributed by atoms with van der Waals surface area (Å²) >= 11 is 0. The van der Waals surface area contributed by atoms with Gasteiger partial charge in [-0.3, -0.25) is 4.79 Å². The molecule has 1 aliphatic rings. The van der Waals surface area contributed by atoms with Gasteiger partial charge in [0.05, 0.1) is 6.42 Å². The SMILES string of the molecule is CCc1ccc2c(c1)C(CC(=O)O)c1cccc(F)c1-2. The van der Waals surface area contributed by atoms with Gasteiger partial charge in [0, 0.05) is 11.5 Å². The Morgan fingerprint density at radius 3 is 2.75 bits per heavy atom. The van der Waals surface area contributed by atoms with Gasteiger partial charge in [0.1, 0.15) is 5.82 Å². The van der Waals surface area contributed by atoms with Gasteiger partial charge in [0.2, 0.25) is 0 Å². The molecule has 0 amide bonds. The quantitative estimate of drug-likeness (QED) is 0.916. The molecule has 1 aliphatic carbocycles. The van der Waals surface area contributed by atoms with Crippen molar-refractivity contribution in [2.75, 3.05) is 0 Å². The van der Waals surface area contributed by atoms with E-state index in [4.69, 9.17) is 5.11 Å². The maximum Gasteiger partial charge on any atom is 0.304 e. The standard InChI is InChI=1S/C17H15FO2/c1-2-10-6-7-12-13(8-10)14(9-16(19)20)11-4-3-5-15(18)17(11)12/h3-8,14H,2,9H2,1H3,(H,19,20). The van der Waals surface area contributed by atoms with Crippen LogP contribution in [-0.4, -0.2) is 11.1 Å². The molecular formula is C17H15FO2. The van der Waals surface area contributed by atoms with Crippen molar-refractivity contribution >= 4 is 5.97 Å². The van der Waals surface area contributed by atoms with Crippen molar-refractivity contribution in [1.29, 1.82) is 0 Å². The van der Waals surface area contributed by atoms with Gasteiger partial charge in [-0.05, 0) is 34.7 Å². The first-order chi connectivity index (χ1) is 9.61. The summed E-state index contributed by atoms with van der Waals surface area (Å²) in [6.07, 6.45) is 0.877. The summed E-state index contributed by atoms with van der Waals surface area (Å²) in [5.74, 6) is -1.39. The maximum absolute atomic E-state index is 14.1. The van der Waals surface area contributed by atoms with Crippen LogP contribution >= 0.6 is 0 Å². The molecule has 2 aromatic rings. The largest absolute Gasteiger partial charge is 0.481 e. The Morgan fingerprint density at radius 1 is 1.25 bits per heavy atom. The van der Waals surface area contributed by atoms with E-state index in [0.29, 0.717) is 5.56 Å². The molecule has 1 unspecified atom stereocenters. The number of carboxylic acid groups (broad SMARTS) is 1. The van der Waals surface area contributed by atoms with Gasteiger partial charge in [-0.2, -0.15) is 0 Å². The van der Waals surface area contributed by atoms with Crippen molar-refractivity contribution in [3.05, 3.63) is 58.9 Å². The normalized spacial score (nSPS) is 15.8. The van der Waals surface area contributed by atoms with E-state index in [0.717, 1.165) is 28.7 Å². The first-order valence-electron chi connectivity index (χ1n) is 6.75. The summed E-state index contributed by atoms with van der Waals surface area (Å²) in [7, 11) is 0. The molecular weight excluding hydrogens is 255 g/mol. The molecule has 0 saturated carbocycles. The van der Waals surface area contributed by atoms with Crippen LogP contribution in [0, 0.1) is 5.82 Å². The van der Waals surface area contributed by atoms with Gasteiger partial charge in [-0.25, -0.2) is 4.39 Å². The van der Waals surface area contributed by atoms with Crippen LogP contribution in [0.4, 0.5) is 4.39 Å². The Morgan fingerprint density at radius 2 is 2.05 bits per heavy atom. The van der Waals surface area contributed by atoms with Crippen LogP contribution in [0.5, 0.6) is 0 Å². The highest BCUT2D eigenvalue weighted by Gasteiger charge is 2.32. The van der Waals surface area contributed by atoms with Crippen LogP contribution in [0.1, 0.15) is 36.0 Å².